The monoisotopic (exact) mass is 553 g/mol. The molecule has 3 heterocycles. The van der Waals surface area contributed by atoms with Gasteiger partial charge in [0.15, 0.2) is 5.82 Å². The van der Waals surface area contributed by atoms with Gasteiger partial charge in [0, 0.05) is 44.1 Å². The van der Waals surface area contributed by atoms with Gasteiger partial charge < -0.3 is 24.4 Å². The molecule has 1 aromatic rings. The number of nitrogens with one attached hydrogen (secondary N) is 1. The molecule has 2 saturated heterocycles. The summed E-state index contributed by atoms with van der Waals surface area (Å²) in [5.41, 5.74) is -0.413. The number of nitrogens with zero attached hydrogens (tertiary/aromatic N) is 4. The Morgan fingerprint density at radius 2 is 1.79 bits per heavy atom. The molecule has 2 amide bonds. The summed E-state index contributed by atoms with van der Waals surface area (Å²) < 4.78 is 55.7. The topological polar surface area (TPSA) is 83.7 Å². The van der Waals surface area contributed by atoms with Gasteiger partial charge in [-0.2, -0.15) is 4.98 Å². The summed E-state index contributed by atoms with van der Waals surface area (Å²) in [4.78, 5) is 21.8. The Balaban J connectivity index is 1.08. The number of likely N-dealkylation sites (tertiary alicyclic amines) is 2. The number of amides is 2. The average molecular weight is 554 g/mol. The Labute approximate surface area is 228 Å². The summed E-state index contributed by atoms with van der Waals surface area (Å²) in [7, 11) is 0. The SMILES string of the molecule is CC(C)N1C[C@H]2CC[C@@H](C1)C2O[C@H]1CCCC(F)(F)[C@@H]1NC(=O)N1CCC(C)(c2noc([C@@H]3C[C@@H]3F)n2)CC1. The fraction of sp³-hybridized carbons (Fsp3) is 0.893. The lowest BCUT2D eigenvalue weighted by Gasteiger charge is -2.45. The third kappa shape index (κ3) is 5.29. The number of hydrogen-bond acceptors (Lipinski definition) is 6. The molecule has 2 aliphatic heterocycles. The van der Waals surface area contributed by atoms with E-state index in [0.29, 0.717) is 74.8 Å². The number of aromatic nitrogens is 2. The summed E-state index contributed by atoms with van der Waals surface area (Å²) in [6.45, 7) is 9.09. The Bertz CT molecular complexity index is 1030. The van der Waals surface area contributed by atoms with Gasteiger partial charge in [-0.1, -0.05) is 12.1 Å². The quantitative estimate of drug-likeness (QED) is 0.552. The van der Waals surface area contributed by atoms with E-state index in [2.05, 4.69) is 34.2 Å². The first-order chi connectivity index (χ1) is 18.5. The van der Waals surface area contributed by atoms with Crippen LogP contribution in [0.2, 0.25) is 0 Å². The smallest absolute Gasteiger partial charge is 0.317 e. The molecule has 5 fully saturated rings. The maximum atomic E-state index is 15.2. The number of rotatable bonds is 6. The first-order valence-corrected chi connectivity index (χ1v) is 14.8. The molecular formula is C28H42F3N5O3. The predicted molar refractivity (Wildman–Crippen MR) is 137 cm³/mol. The van der Waals surface area contributed by atoms with Gasteiger partial charge in [0.2, 0.25) is 5.89 Å². The highest BCUT2D eigenvalue weighted by Crippen LogP contribution is 2.45. The van der Waals surface area contributed by atoms with Crippen molar-refractivity contribution in [2.45, 2.75) is 120 Å². The third-order valence-corrected chi connectivity index (χ3v) is 10.1. The van der Waals surface area contributed by atoms with Crippen LogP contribution in [0.4, 0.5) is 18.0 Å². The number of ether oxygens (including phenoxy) is 1. The molecule has 1 unspecified atom stereocenters. The van der Waals surface area contributed by atoms with E-state index >= 15 is 8.78 Å². The number of urea groups is 1. The van der Waals surface area contributed by atoms with Gasteiger partial charge in [-0.25, -0.2) is 18.0 Å². The summed E-state index contributed by atoms with van der Waals surface area (Å²) in [5, 5.41) is 6.80. The van der Waals surface area contributed by atoms with Crippen LogP contribution in [0.15, 0.2) is 4.52 Å². The lowest BCUT2D eigenvalue weighted by Crippen LogP contribution is -2.62. The van der Waals surface area contributed by atoms with E-state index in [1.54, 1.807) is 4.90 Å². The van der Waals surface area contributed by atoms with Gasteiger partial charge >= 0.3 is 6.03 Å². The Morgan fingerprint density at radius 3 is 2.41 bits per heavy atom. The first-order valence-electron chi connectivity index (χ1n) is 14.8. The highest BCUT2D eigenvalue weighted by molar-refractivity contribution is 5.75. The lowest BCUT2D eigenvalue weighted by molar-refractivity contribution is -0.161. The molecule has 3 aliphatic carbocycles. The zero-order valence-electron chi connectivity index (χ0n) is 23.3. The van der Waals surface area contributed by atoms with E-state index in [1.807, 2.05) is 6.92 Å². The molecule has 5 aliphatic rings. The van der Waals surface area contributed by atoms with Crippen LogP contribution in [0.5, 0.6) is 0 Å². The number of piperidine rings is 2. The largest absolute Gasteiger partial charge is 0.372 e. The number of alkyl halides is 3. The van der Waals surface area contributed by atoms with Crippen molar-refractivity contribution in [3.8, 4) is 0 Å². The Morgan fingerprint density at radius 1 is 1.13 bits per heavy atom. The molecule has 11 heteroatoms. The van der Waals surface area contributed by atoms with E-state index < -0.39 is 35.7 Å². The highest BCUT2D eigenvalue weighted by atomic mass is 19.3. The molecule has 3 saturated carbocycles. The van der Waals surface area contributed by atoms with Crippen LogP contribution < -0.4 is 5.32 Å². The maximum absolute atomic E-state index is 15.2. The van der Waals surface area contributed by atoms with Crippen molar-refractivity contribution in [1.82, 2.24) is 25.3 Å². The summed E-state index contributed by atoms with van der Waals surface area (Å²) in [6, 6.07) is -1.34. The maximum Gasteiger partial charge on any atom is 0.317 e. The molecule has 2 bridgehead atoms. The highest BCUT2D eigenvalue weighted by Gasteiger charge is 2.52. The summed E-state index contributed by atoms with van der Waals surface area (Å²) >= 11 is 0. The predicted octanol–water partition coefficient (Wildman–Crippen LogP) is 4.65. The van der Waals surface area contributed by atoms with Crippen molar-refractivity contribution in [3.63, 3.8) is 0 Å². The fourth-order valence-electron chi connectivity index (χ4n) is 7.23. The molecular weight excluding hydrogens is 511 g/mol. The lowest BCUT2D eigenvalue weighted by atomic mass is 9.79. The van der Waals surface area contributed by atoms with E-state index in [1.165, 1.54) is 0 Å². The molecule has 7 atom stereocenters. The molecule has 0 spiro atoms. The van der Waals surface area contributed by atoms with E-state index in [9.17, 15) is 9.18 Å². The van der Waals surface area contributed by atoms with Gasteiger partial charge in [-0.05, 0) is 70.6 Å². The van der Waals surface area contributed by atoms with Gasteiger partial charge in [0.05, 0.1) is 18.1 Å². The Hall–Kier alpha value is -1.88. The second kappa shape index (κ2) is 10.2. The molecule has 8 nitrogen and oxygen atoms in total. The fourth-order valence-corrected chi connectivity index (χ4v) is 7.23. The molecule has 1 aromatic heterocycles. The van der Waals surface area contributed by atoms with Crippen LogP contribution in [0.1, 0.15) is 89.8 Å². The number of carbonyl (C=O) groups is 1. The molecule has 0 aromatic carbocycles. The second-order valence-corrected chi connectivity index (χ2v) is 13.2. The van der Waals surface area contributed by atoms with Crippen molar-refractivity contribution in [1.29, 1.82) is 0 Å². The minimum absolute atomic E-state index is 0.0165. The molecule has 0 radical (unpaired) electrons. The standard InChI is InChI=1S/C28H42F3N5O3/c1-16(2)36-14-17-6-7-18(15-36)22(17)38-21-5-4-8-28(30,31)23(21)32-26(37)35-11-9-27(3,10-12-35)25-33-24(39-34-25)19-13-20(19)29/h16-23H,4-15H2,1-3H3,(H,32,37)/t17-,18+,19-,20+,21+,22?,23-/m1/s1. The van der Waals surface area contributed by atoms with E-state index in [-0.39, 0.29) is 18.4 Å². The molecule has 1 N–H and O–H groups in total. The molecule has 218 valence electrons. The second-order valence-electron chi connectivity index (χ2n) is 13.2. The van der Waals surface area contributed by atoms with Crippen LogP contribution in [0.3, 0.4) is 0 Å². The van der Waals surface area contributed by atoms with Gasteiger partial charge in [0.1, 0.15) is 12.2 Å². The minimum atomic E-state index is -3.02. The zero-order chi connectivity index (χ0) is 27.5. The zero-order valence-corrected chi connectivity index (χ0v) is 23.3. The molecule has 6 rings (SSSR count). The first kappa shape index (κ1) is 27.3. The van der Waals surface area contributed by atoms with E-state index in [0.717, 1.165) is 25.9 Å². The summed E-state index contributed by atoms with van der Waals surface area (Å²) in [6.07, 6.45) is 2.77. The van der Waals surface area contributed by atoms with Crippen molar-refractivity contribution < 1.29 is 27.2 Å². The van der Waals surface area contributed by atoms with Gasteiger partial charge in [-0.3, -0.25) is 0 Å². The van der Waals surface area contributed by atoms with Crippen molar-refractivity contribution in [3.05, 3.63) is 11.7 Å². The summed E-state index contributed by atoms with van der Waals surface area (Å²) in [5.74, 6) is -1.72. The minimum Gasteiger partial charge on any atom is -0.372 e. The number of hydrogen-bond donors (Lipinski definition) is 1. The Kier molecular flexibility index (Phi) is 7.13. The normalized spacial score (nSPS) is 37.7. The van der Waals surface area contributed by atoms with Gasteiger partial charge in [0.25, 0.3) is 5.92 Å². The number of carbonyl (C=O) groups excluding carboxylic acids is 1. The molecule has 39 heavy (non-hydrogen) atoms. The average Bonchev–Trinajstić information content (AvgIpc) is 3.31. The third-order valence-electron chi connectivity index (χ3n) is 10.1. The van der Waals surface area contributed by atoms with Crippen LogP contribution in [-0.2, 0) is 10.2 Å². The number of halogens is 3. The van der Waals surface area contributed by atoms with Crippen molar-refractivity contribution in [2.75, 3.05) is 26.2 Å². The van der Waals surface area contributed by atoms with Crippen molar-refractivity contribution in [2.24, 2.45) is 11.8 Å². The van der Waals surface area contributed by atoms with Gasteiger partial charge in [-0.15, -0.1) is 0 Å². The van der Waals surface area contributed by atoms with Crippen LogP contribution >= 0.6 is 0 Å². The number of fused-ring (bicyclic) bond motifs is 2. The van der Waals surface area contributed by atoms with E-state index in [4.69, 9.17) is 9.26 Å². The van der Waals surface area contributed by atoms with Crippen LogP contribution in [0.25, 0.3) is 0 Å². The van der Waals surface area contributed by atoms with Crippen LogP contribution in [0, 0.1) is 11.8 Å². The van der Waals surface area contributed by atoms with Crippen LogP contribution in [-0.4, -0.2) is 88.5 Å². The van der Waals surface area contributed by atoms with Crippen molar-refractivity contribution >= 4 is 6.03 Å².